The van der Waals surface area contributed by atoms with Gasteiger partial charge in [0.1, 0.15) is 6.04 Å². The highest BCUT2D eigenvalue weighted by Gasteiger charge is 2.55. The lowest BCUT2D eigenvalue weighted by molar-refractivity contribution is -0.136. The van der Waals surface area contributed by atoms with Crippen molar-refractivity contribution < 1.29 is 9.59 Å². The Labute approximate surface area is 150 Å². The van der Waals surface area contributed by atoms with Gasteiger partial charge in [-0.1, -0.05) is 20.8 Å². The predicted molar refractivity (Wildman–Crippen MR) is 94.1 cm³/mol. The van der Waals surface area contributed by atoms with Crippen LogP contribution in [-0.2, 0) is 9.59 Å². The number of piperidine rings is 2. The van der Waals surface area contributed by atoms with Crippen LogP contribution in [0.15, 0.2) is 0 Å². The summed E-state index contributed by atoms with van der Waals surface area (Å²) < 4.78 is 0. The molecule has 0 bridgehead atoms. The fourth-order valence-corrected chi connectivity index (χ4v) is 4.34. The van der Waals surface area contributed by atoms with E-state index in [1.165, 1.54) is 0 Å². The lowest BCUT2D eigenvalue weighted by Gasteiger charge is -2.37. The van der Waals surface area contributed by atoms with E-state index in [-0.39, 0.29) is 35.2 Å². The summed E-state index contributed by atoms with van der Waals surface area (Å²) in [5.74, 6) is 0.743. The highest BCUT2D eigenvalue weighted by molar-refractivity contribution is 5.84. The van der Waals surface area contributed by atoms with Crippen molar-refractivity contribution in [2.24, 2.45) is 23.0 Å². The van der Waals surface area contributed by atoms with E-state index in [0.29, 0.717) is 25.4 Å². The number of amides is 2. The van der Waals surface area contributed by atoms with Crippen molar-refractivity contribution in [1.29, 1.82) is 5.26 Å². The Bertz CT molecular complexity index is 583. The van der Waals surface area contributed by atoms with Gasteiger partial charge in [0.15, 0.2) is 0 Å². The third-order valence-corrected chi connectivity index (χ3v) is 5.87. The minimum atomic E-state index is -0.546. The molecule has 3 rings (SSSR count). The molecule has 2 heterocycles. The first kappa shape index (κ1) is 18.2. The molecule has 0 unspecified atom stereocenters. The summed E-state index contributed by atoms with van der Waals surface area (Å²) in [4.78, 5) is 28.8. The third-order valence-electron chi connectivity index (χ3n) is 5.87. The van der Waals surface area contributed by atoms with Crippen LogP contribution in [-0.4, -0.2) is 52.8 Å². The highest BCUT2D eigenvalue weighted by atomic mass is 16.2. The Kier molecular flexibility index (Phi) is 4.80. The molecule has 2 aliphatic heterocycles. The molecule has 3 fully saturated rings. The van der Waals surface area contributed by atoms with Crippen LogP contribution in [0.4, 0.5) is 0 Å². The van der Waals surface area contributed by atoms with E-state index in [4.69, 9.17) is 5.73 Å². The molecule has 3 aliphatic rings. The largest absolute Gasteiger partial charge is 0.343 e. The zero-order valence-electron chi connectivity index (χ0n) is 15.6. The number of nitrogens with two attached hydrogens (primary N) is 1. The van der Waals surface area contributed by atoms with Gasteiger partial charge in [-0.15, -0.1) is 0 Å². The standard InChI is InChI=1S/C19H30N4O2/c1-19(2,3)10-16(24)22-6-4-12(5-7-22)17(21)18(25)23-14(11-20)8-13-9-15(13)23/h12-15,17H,4-10,21H2,1-3H3/t13-,14+,15+,17+/m1/s1. The minimum Gasteiger partial charge on any atom is -0.343 e. The Morgan fingerprint density at radius 1 is 1.24 bits per heavy atom. The molecular weight excluding hydrogens is 316 g/mol. The average molecular weight is 346 g/mol. The Balaban J connectivity index is 1.53. The summed E-state index contributed by atoms with van der Waals surface area (Å²) >= 11 is 0. The number of likely N-dealkylation sites (tertiary alicyclic amines) is 2. The van der Waals surface area contributed by atoms with Crippen LogP contribution >= 0.6 is 0 Å². The normalized spacial score (nSPS) is 30.6. The van der Waals surface area contributed by atoms with E-state index < -0.39 is 6.04 Å². The van der Waals surface area contributed by atoms with Crippen molar-refractivity contribution in [3.05, 3.63) is 0 Å². The second-order valence-electron chi connectivity index (χ2n) is 9.17. The maximum absolute atomic E-state index is 12.8. The van der Waals surface area contributed by atoms with Gasteiger partial charge >= 0.3 is 0 Å². The van der Waals surface area contributed by atoms with Crippen LogP contribution in [0.3, 0.4) is 0 Å². The number of carbonyl (C=O) groups is 2. The second-order valence-corrected chi connectivity index (χ2v) is 9.17. The lowest BCUT2D eigenvalue weighted by Crippen LogP contribution is -2.53. The van der Waals surface area contributed by atoms with E-state index in [1.807, 2.05) is 4.90 Å². The van der Waals surface area contributed by atoms with Gasteiger partial charge < -0.3 is 15.5 Å². The van der Waals surface area contributed by atoms with E-state index >= 15 is 0 Å². The Morgan fingerprint density at radius 3 is 2.44 bits per heavy atom. The zero-order chi connectivity index (χ0) is 18.4. The van der Waals surface area contributed by atoms with Crippen LogP contribution in [0.2, 0.25) is 0 Å². The maximum Gasteiger partial charge on any atom is 0.241 e. The van der Waals surface area contributed by atoms with Crippen LogP contribution in [0.5, 0.6) is 0 Å². The van der Waals surface area contributed by atoms with Crippen molar-refractivity contribution in [2.45, 2.75) is 71.0 Å². The van der Waals surface area contributed by atoms with Gasteiger partial charge in [0.2, 0.25) is 11.8 Å². The summed E-state index contributed by atoms with van der Waals surface area (Å²) in [6.45, 7) is 7.56. The first-order chi connectivity index (χ1) is 11.7. The maximum atomic E-state index is 12.8. The number of rotatable bonds is 3. The first-order valence-electron chi connectivity index (χ1n) is 9.46. The second kappa shape index (κ2) is 6.60. The Hall–Kier alpha value is -1.61. The number of carbonyl (C=O) groups excluding carboxylic acids is 2. The topological polar surface area (TPSA) is 90.4 Å². The number of nitrogens with zero attached hydrogens (tertiary/aromatic N) is 3. The zero-order valence-corrected chi connectivity index (χ0v) is 15.6. The number of fused-ring (bicyclic) bond motifs is 1. The molecule has 25 heavy (non-hydrogen) atoms. The van der Waals surface area contributed by atoms with E-state index in [2.05, 4.69) is 26.8 Å². The fourth-order valence-electron chi connectivity index (χ4n) is 4.34. The third kappa shape index (κ3) is 3.82. The molecule has 0 aromatic heterocycles. The minimum absolute atomic E-state index is 0.0107. The molecule has 2 amide bonds. The molecule has 0 spiro atoms. The van der Waals surface area contributed by atoms with Crippen molar-refractivity contribution in [1.82, 2.24) is 9.80 Å². The van der Waals surface area contributed by atoms with Gasteiger partial charge in [0.25, 0.3) is 0 Å². The average Bonchev–Trinajstić information content (AvgIpc) is 3.22. The SMILES string of the molecule is CC(C)(C)CC(=O)N1CCC([C@H](N)C(=O)N2[C@H](C#N)C[C@@H]3C[C@@H]32)CC1. The van der Waals surface area contributed by atoms with Gasteiger partial charge in [0.05, 0.1) is 12.1 Å². The summed E-state index contributed by atoms with van der Waals surface area (Å²) in [6.07, 6.45) is 3.91. The number of nitriles is 1. The quantitative estimate of drug-likeness (QED) is 0.838. The van der Waals surface area contributed by atoms with Crippen LogP contribution in [0, 0.1) is 28.6 Å². The number of hydrogen-bond acceptors (Lipinski definition) is 4. The van der Waals surface area contributed by atoms with Crippen molar-refractivity contribution in [3.63, 3.8) is 0 Å². The van der Waals surface area contributed by atoms with Crippen LogP contribution in [0.1, 0.15) is 52.9 Å². The van der Waals surface area contributed by atoms with E-state index in [9.17, 15) is 14.9 Å². The molecular formula is C19H30N4O2. The summed E-state index contributed by atoms with van der Waals surface area (Å²) in [6, 6.07) is 1.66. The highest BCUT2D eigenvalue weighted by Crippen LogP contribution is 2.48. The van der Waals surface area contributed by atoms with E-state index in [0.717, 1.165) is 25.7 Å². The van der Waals surface area contributed by atoms with Gasteiger partial charge in [-0.25, -0.2) is 0 Å². The summed E-state index contributed by atoms with van der Waals surface area (Å²) in [7, 11) is 0. The van der Waals surface area contributed by atoms with Gasteiger partial charge in [0, 0.05) is 25.6 Å². The fraction of sp³-hybridized carbons (Fsp3) is 0.842. The lowest BCUT2D eigenvalue weighted by atomic mass is 9.87. The molecule has 2 N–H and O–H groups in total. The molecule has 0 aromatic carbocycles. The van der Waals surface area contributed by atoms with Crippen molar-refractivity contribution in [2.75, 3.05) is 13.1 Å². The molecule has 138 valence electrons. The van der Waals surface area contributed by atoms with Gasteiger partial charge in [-0.3, -0.25) is 9.59 Å². The van der Waals surface area contributed by atoms with Gasteiger partial charge in [-0.2, -0.15) is 5.26 Å². The van der Waals surface area contributed by atoms with Crippen molar-refractivity contribution >= 4 is 11.8 Å². The first-order valence-corrected chi connectivity index (χ1v) is 9.46. The van der Waals surface area contributed by atoms with Crippen LogP contribution < -0.4 is 5.73 Å². The molecule has 4 atom stereocenters. The predicted octanol–water partition coefficient (Wildman–Crippen LogP) is 1.50. The molecule has 2 saturated heterocycles. The smallest absolute Gasteiger partial charge is 0.241 e. The van der Waals surface area contributed by atoms with Crippen molar-refractivity contribution in [3.8, 4) is 6.07 Å². The molecule has 0 radical (unpaired) electrons. The Morgan fingerprint density at radius 2 is 1.88 bits per heavy atom. The number of hydrogen-bond donors (Lipinski definition) is 1. The van der Waals surface area contributed by atoms with Crippen LogP contribution in [0.25, 0.3) is 0 Å². The molecule has 6 heteroatoms. The summed E-state index contributed by atoms with van der Waals surface area (Å²) in [5.41, 5.74) is 6.28. The molecule has 6 nitrogen and oxygen atoms in total. The van der Waals surface area contributed by atoms with Gasteiger partial charge in [-0.05, 0) is 42.9 Å². The molecule has 1 aliphatic carbocycles. The monoisotopic (exact) mass is 346 g/mol. The van der Waals surface area contributed by atoms with E-state index in [1.54, 1.807) is 4.90 Å². The summed E-state index contributed by atoms with van der Waals surface area (Å²) in [5, 5.41) is 9.28. The molecule has 0 aromatic rings. The molecule has 1 saturated carbocycles.